The van der Waals surface area contributed by atoms with Crippen LogP contribution in [0.15, 0.2) is 0 Å². The molecule has 0 radical (unpaired) electrons. The van der Waals surface area contributed by atoms with E-state index in [0.717, 1.165) is 0 Å². The monoisotopic (exact) mass is 196 g/mol. The lowest BCUT2D eigenvalue weighted by molar-refractivity contribution is -0.0295. The number of hydrogen-bond donors (Lipinski definition) is 1. The molecule has 1 N–H and O–H groups in total. The van der Waals surface area contributed by atoms with Crippen LogP contribution >= 0.6 is 0 Å². The molecule has 0 saturated heterocycles. The molecule has 0 aliphatic carbocycles. The first-order valence-electron chi connectivity index (χ1n) is 4.43. The number of aliphatic hydroxyl groups is 1. The summed E-state index contributed by atoms with van der Waals surface area (Å²) in [5.41, 5.74) is -0.928. The van der Waals surface area contributed by atoms with E-state index in [1.54, 1.807) is 6.92 Å². The molecule has 14 heavy (non-hydrogen) atoms. The maximum atomic E-state index is 9.48. The van der Waals surface area contributed by atoms with E-state index in [1.165, 1.54) is 0 Å². The van der Waals surface area contributed by atoms with Gasteiger partial charge in [-0.2, -0.15) is 0 Å². The fourth-order valence-corrected chi connectivity index (χ4v) is 0.567. The number of rotatable bonds is 5. The molecule has 0 heterocycles. The van der Waals surface area contributed by atoms with Crippen molar-refractivity contribution in [1.29, 1.82) is 0 Å². The van der Waals surface area contributed by atoms with E-state index in [4.69, 9.17) is 15.9 Å². The largest absolute Gasteiger partial charge is 0.378 e. The van der Waals surface area contributed by atoms with Crippen LogP contribution in [0.2, 0.25) is 0 Å². The van der Waals surface area contributed by atoms with Gasteiger partial charge < -0.3 is 14.6 Å². The highest BCUT2D eigenvalue weighted by molar-refractivity contribution is 5.11. The maximum absolute atomic E-state index is 9.48. The van der Waals surface area contributed by atoms with Gasteiger partial charge in [-0.1, -0.05) is 24.7 Å². The van der Waals surface area contributed by atoms with E-state index in [1.807, 2.05) is 6.92 Å². The van der Waals surface area contributed by atoms with Gasteiger partial charge in [0.1, 0.15) is 25.6 Å². The molecule has 0 saturated carbocycles. The van der Waals surface area contributed by atoms with Gasteiger partial charge in [0.25, 0.3) is 0 Å². The molecule has 0 rings (SSSR count). The molecule has 0 aromatic heterocycles. The third kappa shape index (κ3) is 7.64. The molecule has 0 aromatic carbocycles. The molecule has 0 aliphatic rings. The average Bonchev–Trinajstić information content (AvgIpc) is 2.16. The summed E-state index contributed by atoms with van der Waals surface area (Å²) < 4.78 is 9.83. The summed E-state index contributed by atoms with van der Waals surface area (Å²) in [6.45, 7) is 4.13. The molecule has 0 fully saturated rings. The topological polar surface area (TPSA) is 38.7 Å². The second-order valence-corrected chi connectivity index (χ2v) is 2.95. The van der Waals surface area contributed by atoms with Gasteiger partial charge in [-0.25, -0.2) is 0 Å². The van der Waals surface area contributed by atoms with Crippen LogP contribution in [0.5, 0.6) is 0 Å². The van der Waals surface area contributed by atoms with Crippen molar-refractivity contribution in [3.63, 3.8) is 0 Å². The summed E-state index contributed by atoms with van der Waals surface area (Å²) in [6.07, 6.45) is 5.54. The van der Waals surface area contributed by atoms with Gasteiger partial charge >= 0.3 is 0 Å². The SMILES string of the molecule is C#CCOCOCC#CC(C)(O)CC. The van der Waals surface area contributed by atoms with Crippen molar-refractivity contribution < 1.29 is 14.6 Å². The van der Waals surface area contributed by atoms with Crippen molar-refractivity contribution in [1.82, 2.24) is 0 Å². The zero-order chi connectivity index (χ0) is 10.9. The van der Waals surface area contributed by atoms with Crippen molar-refractivity contribution in [2.24, 2.45) is 0 Å². The highest BCUT2D eigenvalue weighted by Gasteiger charge is 2.11. The highest BCUT2D eigenvalue weighted by Crippen LogP contribution is 2.04. The van der Waals surface area contributed by atoms with Crippen molar-refractivity contribution >= 4 is 0 Å². The van der Waals surface area contributed by atoms with Crippen LogP contribution < -0.4 is 0 Å². The normalized spacial score (nSPS) is 13.6. The van der Waals surface area contributed by atoms with Gasteiger partial charge in [-0.05, 0) is 13.3 Å². The van der Waals surface area contributed by atoms with Gasteiger partial charge in [-0.15, -0.1) is 6.42 Å². The third-order valence-corrected chi connectivity index (χ3v) is 1.57. The van der Waals surface area contributed by atoms with Gasteiger partial charge in [-0.3, -0.25) is 0 Å². The molecule has 0 aliphatic heterocycles. The van der Waals surface area contributed by atoms with E-state index in [-0.39, 0.29) is 20.0 Å². The molecular formula is C11H16O3. The summed E-state index contributed by atoms with van der Waals surface area (Å²) in [5, 5.41) is 9.48. The first-order chi connectivity index (χ1) is 6.62. The zero-order valence-corrected chi connectivity index (χ0v) is 8.67. The number of terminal acetylenes is 1. The van der Waals surface area contributed by atoms with Crippen LogP contribution in [0.4, 0.5) is 0 Å². The summed E-state index contributed by atoms with van der Waals surface area (Å²) in [6, 6.07) is 0. The van der Waals surface area contributed by atoms with E-state index >= 15 is 0 Å². The molecule has 0 amide bonds. The lowest BCUT2D eigenvalue weighted by Gasteiger charge is -2.11. The Balaban J connectivity index is 3.49. The van der Waals surface area contributed by atoms with Crippen molar-refractivity contribution in [2.45, 2.75) is 25.9 Å². The average molecular weight is 196 g/mol. The van der Waals surface area contributed by atoms with E-state index < -0.39 is 5.60 Å². The summed E-state index contributed by atoms with van der Waals surface area (Å²) in [7, 11) is 0. The van der Waals surface area contributed by atoms with Crippen LogP contribution in [-0.4, -0.2) is 30.7 Å². The van der Waals surface area contributed by atoms with Crippen LogP contribution in [0, 0.1) is 24.2 Å². The zero-order valence-electron chi connectivity index (χ0n) is 8.67. The molecule has 1 unspecified atom stereocenters. The van der Waals surface area contributed by atoms with Gasteiger partial charge in [0.05, 0.1) is 0 Å². The Morgan fingerprint density at radius 1 is 1.36 bits per heavy atom. The molecule has 78 valence electrons. The van der Waals surface area contributed by atoms with Crippen molar-refractivity contribution in [3.05, 3.63) is 0 Å². The Kier molecular flexibility index (Phi) is 6.88. The summed E-state index contributed by atoms with van der Waals surface area (Å²) in [5.74, 6) is 7.70. The van der Waals surface area contributed by atoms with E-state index in [0.29, 0.717) is 6.42 Å². The van der Waals surface area contributed by atoms with E-state index in [2.05, 4.69) is 17.8 Å². The third-order valence-electron chi connectivity index (χ3n) is 1.57. The Bertz CT molecular complexity index is 239. The summed E-state index contributed by atoms with van der Waals surface area (Å²) >= 11 is 0. The van der Waals surface area contributed by atoms with E-state index in [9.17, 15) is 5.11 Å². The molecule has 0 bridgehead atoms. The van der Waals surface area contributed by atoms with Gasteiger partial charge in [0.2, 0.25) is 0 Å². The highest BCUT2D eigenvalue weighted by atomic mass is 16.7. The minimum atomic E-state index is -0.928. The van der Waals surface area contributed by atoms with Crippen LogP contribution in [0.25, 0.3) is 0 Å². The smallest absolute Gasteiger partial charge is 0.149 e. The molecule has 0 spiro atoms. The van der Waals surface area contributed by atoms with Crippen LogP contribution in [0.1, 0.15) is 20.3 Å². The fourth-order valence-electron chi connectivity index (χ4n) is 0.567. The molecule has 0 aromatic rings. The molecule has 1 atom stereocenters. The van der Waals surface area contributed by atoms with Crippen molar-refractivity contribution in [2.75, 3.05) is 20.0 Å². The first kappa shape index (κ1) is 13.0. The van der Waals surface area contributed by atoms with Crippen LogP contribution in [0.3, 0.4) is 0 Å². The Hall–Kier alpha value is -1.00. The standard InChI is InChI=1S/C11H16O3/c1-4-8-13-10-14-9-6-7-11(3,12)5-2/h1,12H,5,8-10H2,2-3H3. The Morgan fingerprint density at radius 3 is 2.57 bits per heavy atom. The maximum Gasteiger partial charge on any atom is 0.149 e. The van der Waals surface area contributed by atoms with Gasteiger partial charge in [0, 0.05) is 0 Å². The van der Waals surface area contributed by atoms with Gasteiger partial charge in [0.15, 0.2) is 0 Å². The lowest BCUT2D eigenvalue weighted by atomic mass is 10.1. The molecular weight excluding hydrogens is 180 g/mol. The fraction of sp³-hybridized carbons (Fsp3) is 0.636. The molecule has 3 heteroatoms. The molecule has 3 nitrogen and oxygen atoms in total. The second kappa shape index (κ2) is 7.41. The summed E-state index contributed by atoms with van der Waals surface area (Å²) in [4.78, 5) is 0. The van der Waals surface area contributed by atoms with Crippen LogP contribution in [-0.2, 0) is 9.47 Å². The Morgan fingerprint density at radius 2 is 2.00 bits per heavy atom. The lowest BCUT2D eigenvalue weighted by Crippen LogP contribution is -2.19. The minimum Gasteiger partial charge on any atom is -0.378 e. The quantitative estimate of drug-likeness (QED) is 0.401. The first-order valence-corrected chi connectivity index (χ1v) is 4.43. The predicted molar refractivity (Wildman–Crippen MR) is 54.3 cm³/mol. The number of ether oxygens (including phenoxy) is 2. The Labute approximate surface area is 85.4 Å². The number of hydrogen-bond acceptors (Lipinski definition) is 3. The minimum absolute atomic E-state index is 0.132. The van der Waals surface area contributed by atoms with Crippen molar-refractivity contribution in [3.8, 4) is 24.2 Å². The predicted octanol–water partition coefficient (Wildman–Crippen LogP) is 0.775. The second-order valence-electron chi connectivity index (χ2n) is 2.95.